The highest BCUT2D eigenvalue weighted by Crippen LogP contribution is 2.20. The standard InChI is InChI=1S/C12H9N/c1-9-11(8-13)7-6-10-4-2-3-5-12(9)10/h2-7H,1H3. The van der Waals surface area contributed by atoms with Crippen LogP contribution in [0.15, 0.2) is 36.4 Å². The predicted molar refractivity (Wildman–Crippen MR) is 53.4 cm³/mol. The Morgan fingerprint density at radius 3 is 2.62 bits per heavy atom. The zero-order valence-electron chi connectivity index (χ0n) is 7.41. The first-order valence-corrected chi connectivity index (χ1v) is 4.21. The largest absolute Gasteiger partial charge is 0.192 e. The quantitative estimate of drug-likeness (QED) is 0.591. The molecule has 0 amide bonds. The van der Waals surface area contributed by atoms with Gasteiger partial charge in [0.25, 0.3) is 0 Å². The van der Waals surface area contributed by atoms with Crippen LogP contribution in [0.4, 0.5) is 0 Å². The Bertz CT molecular complexity index is 492. The van der Waals surface area contributed by atoms with Gasteiger partial charge < -0.3 is 0 Å². The van der Waals surface area contributed by atoms with Crippen molar-refractivity contribution in [3.63, 3.8) is 0 Å². The Labute approximate surface area is 77.2 Å². The van der Waals surface area contributed by atoms with Gasteiger partial charge in [0.2, 0.25) is 0 Å². The molecule has 2 aromatic rings. The number of hydrogen-bond donors (Lipinski definition) is 0. The average molecular weight is 167 g/mol. The summed E-state index contributed by atoms with van der Waals surface area (Å²) in [5.41, 5.74) is 1.83. The van der Waals surface area contributed by atoms with E-state index < -0.39 is 0 Å². The molecule has 0 aromatic heterocycles. The summed E-state index contributed by atoms with van der Waals surface area (Å²) < 4.78 is 0. The second-order valence-corrected chi connectivity index (χ2v) is 3.07. The van der Waals surface area contributed by atoms with Crippen molar-refractivity contribution in [2.45, 2.75) is 6.92 Å². The zero-order valence-corrected chi connectivity index (χ0v) is 7.41. The third-order valence-electron chi connectivity index (χ3n) is 2.32. The highest BCUT2D eigenvalue weighted by Gasteiger charge is 2.00. The lowest BCUT2D eigenvalue weighted by atomic mass is 10.0. The molecular weight excluding hydrogens is 158 g/mol. The first kappa shape index (κ1) is 7.82. The van der Waals surface area contributed by atoms with Gasteiger partial charge in [-0.25, -0.2) is 0 Å². The SMILES string of the molecule is Cc1c(C#N)ccc2ccccc12. The van der Waals surface area contributed by atoms with Crippen molar-refractivity contribution in [3.8, 4) is 6.07 Å². The fourth-order valence-electron chi connectivity index (χ4n) is 1.55. The van der Waals surface area contributed by atoms with Crippen LogP contribution in [-0.2, 0) is 0 Å². The molecule has 1 nitrogen and oxygen atoms in total. The van der Waals surface area contributed by atoms with Crippen LogP contribution in [0.3, 0.4) is 0 Å². The highest BCUT2D eigenvalue weighted by molar-refractivity contribution is 5.87. The van der Waals surface area contributed by atoms with E-state index in [-0.39, 0.29) is 0 Å². The average Bonchev–Trinajstić information content (AvgIpc) is 2.19. The summed E-state index contributed by atoms with van der Waals surface area (Å²) >= 11 is 0. The van der Waals surface area contributed by atoms with Crippen LogP contribution in [-0.4, -0.2) is 0 Å². The molecule has 0 unspecified atom stereocenters. The molecule has 0 heterocycles. The molecule has 13 heavy (non-hydrogen) atoms. The molecule has 0 bridgehead atoms. The summed E-state index contributed by atoms with van der Waals surface area (Å²) in [6.07, 6.45) is 0. The monoisotopic (exact) mass is 167 g/mol. The molecular formula is C12H9N. The molecule has 62 valence electrons. The van der Waals surface area contributed by atoms with Gasteiger partial charge in [-0.05, 0) is 29.3 Å². The van der Waals surface area contributed by atoms with E-state index in [1.165, 1.54) is 10.8 Å². The highest BCUT2D eigenvalue weighted by atomic mass is 14.2. The molecule has 0 fully saturated rings. The molecule has 0 aliphatic rings. The Hall–Kier alpha value is -1.81. The summed E-state index contributed by atoms with van der Waals surface area (Å²) in [6.45, 7) is 1.99. The van der Waals surface area contributed by atoms with Gasteiger partial charge >= 0.3 is 0 Å². The summed E-state index contributed by atoms with van der Waals surface area (Å²) in [7, 11) is 0. The number of nitrogens with zero attached hydrogens (tertiary/aromatic N) is 1. The van der Waals surface area contributed by atoms with Crippen molar-refractivity contribution in [2.24, 2.45) is 0 Å². The molecule has 0 aliphatic carbocycles. The Balaban J connectivity index is 2.89. The van der Waals surface area contributed by atoms with Crippen molar-refractivity contribution in [3.05, 3.63) is 47.5 Å². The van der Waals surface area contributed by atoms with Crippen LogP contribution in [0, 0.1) is 18.3 Å². The lowest BCUT2D eigenvalue weighted by molar-refractivity contribution is 1.43. The lowest BCUT2D eigenvalue weighted by Crippen LogP contribution is -1.83. The molecule has 0 spiro atoms. The minimum absolute atomic E-state index is 0.763. The van der Waals surface area contributed by atoms with Gasteiger partial charge in [0.15, 0.2) is 0 Å². The number of fused-ring (bicyclic) bond motifs is 1. The van der Waals surface area contributed by atoms with Crippen LogP contribution in [0.2, 0.25) is 0 Å². The molecule has 0 saturated heterocycles. The van der Waals surface area contributed by atoms with Gasteiger partial charge in [-0.1, -0.05) is 30.3 Å². The predicted octanol–water partition coefficient (Wildman–Crippen LogP) is 3.02. The minimum atomic E-state index is 0.763. The molecule has 0 saturated carbocycles. The van der Waals surface area contributed by atoms with E-state index in [4.69, 9.17) is 5.26 Å². The van der Waals surface area contributed by atoms with E-state index >= 15 is 0 Å². The molecule has 0 N–H and O–H groups in total. The van der Waals surface area contributed by atoms with Crippen LogP contribution < -0.4 is 0 Å². The second-order valence-electron chi connectivity index (χ2n) is 3.07. The van der Waals surface area contributed by atoms with Crippen molar-refractivity contribution in [1.82, 2.24) is 0 Å². The maximum absolute atomic E-state index is 8.83. The third kappa shape index (κ3) is 1.17. The Kier molecular flexibility index (Phi) is 1.75. The Morgan fingerprint density at radius 2 is 1.85 bits per heavy atom. The van der Waals surface area contributed by atoms with Crippen molar-refractivity contribution < 1.29 is 0 Å². The van der Waals surface area contributed by atoms with E-state index in [9.17, 15) is 0 Å². The number of aryl methyl sites for hydroxylation is 1. The van der Waals surface area contributed by atoms with Crippen LogP contribution in [0.1, 0.15) is 11.1 Å². The summed E-state index contributed by atoms with van der Waals surface area (Å²) in [5, 5.41) is 11.2. The van der Waals surface area contributed by atoms with Gasteiger partial charge in [0, 0.05) is 0 Å². The molecule has 0 aliphatic heterocycles. The topological polar surface area (TPSA) is 23.8 Å². The van der Waals surface area contributed by atoms with Crippen molar-refractivity contribution in [2.75, 3.05) is 0 Å². The van der Waals surface area contributed by atoms with Gasteiger partial charge in [-0.15, -0.1) is 0 Å². The molecule has 2 rings (SSSR count). The van der Waals surface area contributed by atoms with Crippen LogP contribution in [0.25, 0.3) is 10.8 Å². The molecule has 0 atom stereocenters. The third-order valence-corrected chi connectivity index (χ3v) is 2.32. The fraction of sp³-hybridized carbons (Fsp3) is 0.0833. The van der Waals surface area contributed by atoms with Gasteiger partial charge in [0.1, 0.15) is 0 Å². The summed E-state index contributed by atoms with van der Waals surface area (Å²) in [6, 6.07) is 14.2. The normalized spacial score (nSPS) is 9.85. The first-order valence-electron chi connectivity index (χ1n) is 4.21. The zero-order chi connectivity index (χ0) is 9.26. The lowest BCUT2D eigenvalue weighted by Gasteiger charge is -2.02. The summed E-state index contributed by atoms with van der Waals surface area (Å²) in [5.74, 6) is 0. The first-order chi connectivity index (χ1) is 6.33. The fourth-order valence-corrected chi connectivity index (χ4v) is 1.55. The maximum atomic E-state index is 8.83. The molecule has 0 radical (unpaired) electrons. The number of nitriles is 1. The van der Waals surface area contributed by atoms with E-state index in [2.05, 4.69) is 12.1 Å². The molecule has 2 aromatic carbocycles. The number of benzene rings is 2. The van der Waals surface area contributed by atoms with Crippen molar-refractivity contribution in [1.29, 1.82) is 5.26 Å². The second kappa shape index (κ2) is 2.91. The van der Waals surface area contributed by atoms with E-state index in [0.29, 0.717) is 0 Å². The van der Waals surface area contributed by atoms with E-state index in [1.807, 2.05) is 37.3 Å². The smallest absolute Gasteiger partial charge is 0.0994 e. The minimum Gasteiger partial charge on any atom is -0.192 e. The van der Waals surface area contributed by atoms with Gasteiger partial charge in [-0.3, -0.25) is 0 Å². The van der Waals surface area contributed by atoms with Gasteiger partial charge in [0.05, 0.1) is 11.6 Å². The maximum Gasteiger partial charge on any atom is 0.0994 e. The van der Waals surface area contributed by atoms with Crippen LogP contribution in [0.5, 0.6) is 0 Å². The summed E-state index contributed by atoms with van der Waals surface area (Å²) in [4.78, 5) is 0. The Morgan fingerprint density at radius 1 is 1.08 bits per heavy atom. The number of hydrogen-bond acceptors (Lipinski definition) is 1. The van der Waals surface area contributed by atoms with E-state index in [0.717, 1.165) is 11.1 Å². The van der Waals surface area contributed by atoms with E-state index in [1.54, 1.807) is 0 Å². The number of rotatable bonds is 0. The van der Waals surface area contributed by atoms with Crippen LogP contribution >= 0.6 is 0 Å². The van der Waals surface area contributed by atoms with Gasteiger partial charge in [-0.2, -0.15) is 5.26 Å². The molecule has 1 heteroatoms. The van der Waals surface area contributed by atoms with Crippen molar-refractivity contribution >= 4 is 10.8 Å².